The average Bonchev–Trinajstić information content (AvgIpc) is 2.41. The minimum atomic E-state index is 0.545. The van der Waals surface area contributed by atoms with E-state index in [1.54, 1.807) is 0 Å². The quantitative estimate of drug-likeness (QED) is 0.533. The molecule has 68 valence electrons. The van der Waals surface area contributed by atoms with Gasteiger partial charge in [-0.15, -0.1) is 0 Å². The van der Waals surface area contributed by atoms with Crippen LogP contribution in [-0.4, -0.2) is 5.71 Å². The van der Waals surface area contributed by atoms with Crippen LogP contribution < -0.4 is 0 Å². The third kappa shape index (κ3) is 1.19. The Hall–Kier alpha value is -1.11. The minimum absolute atomic E-state index is 0.545. The lowest BCUT2D eigenvalue weighted by molar-refractivity contribution is 0.890. The molecule has 1 heteroatoms. The van der Waals surface area contributed by atoms with Gasteiger partial charge in [-0.05, 0) is 32.4 Å². The van der Waals surface area contributed by atoms with Gasteiger partial charge in [0.25, 0.3) is 0 Å². The lowest BCUT2D eigenvalue weighted by Crippen LogP contribution is -1.94. The molecule has 0 amide bonds. The van der Waals surface area contributed by atoms with Crippen molar-refractivity contribution in [3.05, 3.63) is 34.6 Å². The molecule has 0 aromatic carbocycles. The fraction of sp³-hybridized carbons (Fsp3) is 0.417. The lowest BCUT2D eigenvalue weighted by atomic mass is 9.96. The number of rotatable bonds is 0. The van der Waals surface area contributed by atoms with Gasteiger partial charge in [-0.1, -0.05) is 18.6 Å². The summed E-state index contributed by atoms with van der Waals surface area (Å²) in [6.45, 7) is 8.65. The first-order chi connectivity index (χ1) is 6.09. The van der Waals surface area contributed by atoms with Crippen molar-refractivity contribution < 1.29 is 0 Å². The van der Waals surface area contributed by atoms with Gasteiger partial charge in [0.2, 0.25) is 0 Å². The molecule has 2 rings (SSSR count). The molecule has 0 fully saturated rings. The van der Waals surface area contributed by atoms with Crippen LogP contribution >= 0.6 is 0 Å². The van der Waals surface area contributed by atoms with E-state index in [0.29, 0.717) is 5.92 Å². The molecule has 0 aromatic rings. The summed E-state index contributed by atoms with van der Waals surface area (Å²) in [5.41, 5.74) is 6.55. The first kappa shape index (κ1) is 8.49. The second kappa shape index (κ2) is 2.69. The number of fused-ring (bicyclic) bond motifs is 1. The molecule has 1 nitrogen and oxygen atoms in total. The molecule has 0 N–H and O–H groups in total. The molecule has 1 unspecified atom stereocenters. The zero-order valence-electron chi connectivity index (χ0n) is 8.68. The summed E-state index contributed by atoms with van der Waals surface area (Å²) in [4.78, 5) is 4.48. The zero-order valence-corrected chi connectivity index (χ0v) is 8.68. The summed E-state index contributed by atoms with van der Waals surface area (Å²) in [7, 11) is 0. The Labute approximate surface area is 79.6 Å². The zero-order chi connectivity index (χ0) is 9.59. The molecule has 0 saturated carbocycles. The van der Waals surface area contributed by atoms with Crippen molar-refractivity contribution in [2.75, 3.05) is 0 Å². The van der Waals surface area contributed by atoms with Gasteiger partial charge in [0.1, 0.15) is 0 Å². The van der Waals surface area contributed by atoms with E-state index < -0.39 is 0 Å². The Morgan fingerprint density at radius 3 is 2.69 bits per heavy atom. The normalized spacial score (nSPS) is 25.4. The topological polar surface area (TPSA) is 12.4 Å². The summed E-state index contributed by atoms with van der Waals surface area (Å²) >= 11 is 0. The van der Waals surface area contributed by atoms with Crippen molar-refractivity contribution >= 4 is 5.71 Å². The molecule has 0 bridgehead atoms. The summed E-state index contributed by atoms with van der Waals surface area (Å²) in [6, 6.07) is 0. The summed E-state index contributed by atoms with van der Waals surface area (Å²) in [5, 5.41) is 0. The van der Waals surface area contributed by atoms with Crippen LogP contribution in [0, 0.1) is 5.92 Å². The highest BCUT2D eigenvalue weighted by molar-refractivity contribution is 5.99. The molecule has 1 aliphatic heterocycles. The van der Waals surface area contributed by atoms with Gasteiger partial charge in [-0.3, -0.25) is 4.99 Å². The van der Waals surface area contributed by atoms with Crippen LogP contribution in [0.4, 0.5) is 0 Å². The maximum absolute atomic E-state index is 4.48. The van der Waals surface area contributed by atoms with E-state index >= 15 is 0 Å². The molecule has 0 radical (unpaired) electrons. The van der Waals surface area contributed by atoms with Crippen LogP contribution in [0.3, 0.4) is 0 Å². The van der Waals surface area contributed by atoms with Crippen molar-refractivity contribution in [2.24, 2.45) is 10.9 Å². The van der Waals surface area contributed by atoms with Crippen molar-refractivity contribution in [3.8, 4) is 0 Å². The van der Waals surface area contributed by atoms with Crippen LogP contribution in [0.15, 0.2) is 39.6 Å². The fourth-order valence-electron chi connectivity index (χ4n) is 2.20. The largest absolute Gasteiger partial charge is 0.253 e. The minimum Gasteiger partial charge on any atom is -0.253 e. The van der Waals surface area contributed by atoms with Gasteiger partial charge in [0.05, 0.1) is 5.70 Å². The molecule has 0 saturated heterocycles. The Morgan fingerprint density at radius 1 is 1.38 bits per heavy atom. The van der Waals surface area contributed by atoms with Crippen molar-refractivity contribution in [1.29, 1.82) is 0 Å². The van der Waals surface area contributed by atoms with Gasteiger partial charge >= 0.3 is 0 Å². The third-order valence-electron chi connectivity index (χ3n) is 2.62. The molecule has 1 atom stereocenters. The van der Waals surface area contributed by atoms with Gasteiger partial charge in [-0.25, -0.2) is 0 Å². The highest BCUT2D eigenvalue weighted by Crippen LogP contribution is 2.40. The second-order valence-corrected chi connectivity index (χ2v) is 4.07. The standard InChI is InChI=1S/C12H15N/c1-7(2)12-8(3)5-11-10(12)6-9(4)13-11/h5-6,8H,1-4H3. The van der Waals surface area contributed by atoms with Crippen molar-refractivity contribution in [2.45, 2.75) is 27.7 Å². The van der Waals surface area contributed by atoms with Crippen molar-refractivity contribution in [3.63, 3.8) is 0 Å². The van der Waals surface area contributed by atoms with E-state index in [9.17, 15) is 0 Å². The number of aliphatic imine (C=N–C) groups is 1. The van der Waals surface area contributed by atoms with Gasteiger partial charge in [0, 0.05) is 17.2 Å². The third-order valence-corrected chi connectivity index (χ3v) is 2.62. The molecule has 0 aromatic heterocycles. The van der Waals surface area contributed by atoms with Crippen LogP contribution in [0.2, 0.25) is 0 Å². The predicted octanol–water partition coefficient (Wildman–Crippen LogP) is 3.26. The highest BCUT2D eigenvalue weighted by atomic mass is 14.8. The lowest BCUT2D eigenvalue weighted by Gasteiger charge is -2.08. The maximum Gasteiger partial charge on any atom is 0.0675 e. The second-order valence-electron chi connectivity index (χ2n) is 4.07. The predicted molar refractivity (Wildman–Crippen MR) is 56.8 cm³/mol. The van der Waals surface area contributed by atoms with Crippen LogP contribution in [0.1, 0.15) is 27.7 Å². The first-order valence-corrected chi connectivity index (χ1v) is 4.76. The molecular weight excluding hydrogens is 158 g/mol. The van der Waals surface area contributed by atoms with Crippen LogP contribution in [-0.2, 0) is 0 Å². The molecule has 2 aliphatic rings. The number of nitrogens with zero attached hydrogens (tertiary/aromatic N) is 1. The number of hydrogen-bond donors (Lipinski definition) is 0. The Balaban J connectivity index is 2.53. The van der Waals surface area contributed by atoms with Crippen molar-refractivity contribution in [1.82, 2.24) is 0 Å². The summed E-state index contributed by atoms with van der Waals surface area (Å²) in [5.74, 6) is 0.545. The van der Waals surface area contributed by atoms with E-state index in [1.165, 1.54) is 22.4 Å². The molecule has 1 aliphatic carbocycles. The Morgan fingerprint density at radius 2 is 2.08 bits per heavy atom. The first-order valence-electron chi connectivity index (χ1n) is 4.76. The number of hydrogen-bond acceptors (Lipinski definition) is 1. The number of allylic oxidation sites excluding steroid dienone is 4. The van der Waals surface area contributed by atoms with E-state index in [-0.39, 0.29) is 0 Å². The summed E-state index contributed by atoms with van der Waals surface area (Å²) in [6.07, 6.45) is 4.45. The van der Waals surface area contributed by atoms with Crippen LogP contribution in [0.5, 0.6) is 0 Å². The monoisotopic (exact) mass is 173 g/mol. The van der Waals surface area contributed by atoms with E-state index in [4.69, 9.17) is 0 Å². The average molecular weight is 173 g/mol. The van der Waals surface area contributed by atoms with Gasteiger partial charge in [0.15, 0.2) is 0 Å². The highest BCUT2D eigenvalue weighted by Gasteiger charge is 2.26. The molecular formula is C12H15N. The maximum atomic E-state index is 4.48. The van der Waals surface area contributed by atoms with E-state index in [1.807, 2.05) is 0 Å². The SMILES string of the molecule is CC1=NC2=CC(C)C(=C(C)C)C2=C1. The molecule has 13 heavy (non-hydrogen) atoms. The fourth-order valence-corrected chi connectivity index (χ4v) is 2.20. The smallest absolute Gasteiger partial charge is 0.0675 e. The van der Waals surface area contributed by atoms with Gasteiger partial charge < -0.3 is 0 Å². The summed E-state index contributed by atoms with van der Waals surface area (Å²) < 4.78 is 0. The Bertz CT molecular complexity index is 374. The Kier molecular flexibility index (Phi) is 1.76. The van der Waals surface area contributed by atoms with Gasteiger partial charge in [-0.2, -0.15) is 0 Å². The molecule has 0 spiro atoms. The van der Waals surface area contributed by atoms with Crippen LogP contribution in [0.25, 0.3) is 0 Å². The van der Waals surface area contributed by atoms with E-state index in [2.05, 4.69) is 44.8 Å². The van der Waals surface area contributed by atoms with E-state index in [0.717, 1.165) is 5.71 Å². The molecule has 1 heterocycles.